The summed E-state index contributed by atoms with van der Waals surface area (Å²) in [5.74, 6) is 0.827. The highest BCUT2D eigenvalue weighted by molar-refractivity contribution is 5.84. The van der Waals surface area contributed by atoms with Crippen molar-refractivity contribution in [2.24, 2.45) is 0 Å². The molecule has 0 spiro atoms. The second-order valence-electron chi connectivity index (χ2n) is 7.77. The molecule has 0 radical (unpaired) electrons. The van der Waals surface area contributed by atoms with Crippen LogP contribution in [0.15, 0.2) is 30.3 Å². The molecular weight excluding hydrogens is 328 g/mol. The summed E-state index contributed by atoms with van der Waals surface area (Å²) in [5.41, 5.74) is 1.52. The van der Waals surface area contributed by atoms with Gasteiger partial charge in [-0.05, 0) is 39.3 Å². The number of benzene rings is 1. The topological polar surface area (TPSA) is 51.7 Å². The van der Waals surface area contributed by atoms with Crippen molar-refractivity contribution in [2.75, 3.05) is 13.1 Å². The first-order valence-electron chi connectivity index (χ1n) is 9.39. The van der Waals surface area contributed by atoms with E-state index in [4.69, 9.17) is 14.5 Å². The molecule has 3 rings (SSSR count). The summed E-state index contributed by atoms with van der Waals surface area (Å²) >= 11 is 0. The molecule has 5 heteroatoms. The zero-order valence-corrected chi connectivity index (χ0v) is 16.1. The van der Waals surface area contributed by atoms with Crippen LogP contribution in [0.5, 0.6) is 5.75 Å². The molecule has 26 heavy (non-hydrogen) atoms. The Kier molecular flexibility index (Phi) is 5.35. The standard InChI is InChI=1S/C21H28N2O3/c1-5-16-10-9-15-7-6-8-18(19(15)22-16)25-17-11-13-23(14-12-17)20(24)26-21(2,3)4/h6-10,17H,5,11-14H2,1-4H3. The number of fused-ring (bicyclic) bond motifs is 1. The molecule has 1 amide bonds. The second kappa shape index (κ2) is 7.52. The first kappa shape index (κ1) is 18.5. The van der Waals surface area contributed by atoms with Gasteiger partial charge in [-0.2, -0.15) is 0 Å². The number of carbonyl (C=O) groups excluding carboxylic acids is 1. The zero-order valence-electron chi connectivity index (χ0n) is 16.1. The van der Waals surface area contributed by atoms with Crippen molar-refractivity contribution in [3.8, 4) is 5.75 Å². The third-order valence-corrected chi connectivity index (χ3v) is 4.49. The van der Waals surface area contributed by atoms with Gasteiger partial charge in [0.05, 0.1) is 0 Å². The fourth-order valence-corrected chi connectivity index (χ4v) is 3.11. The van der Waals surface area contributed by atoms with Gasteiger partial charge >= 0.3 is 6.09 Å². The molecule has 2 aromatic rings. The van der Waals surface area contributed by atoms with E-state index in [1.165, 1.54) is 0 Å². The number of nitrogens with zero attached hydrogens (tertiary/aromatic N) is 2. The third-order valence-electron chi connectivity index (χ3n) is 4.49. The minimum Gasteiger partial charge on any atom is -0.488 e. The molecule has 0 N–H and O–H groups in total. The lowest BCUT2D eigenvalue weighted by Gasteiger charge is -2.33. The summed E-state index contributed by atoms with van der Waals surface area (Å²) in [5, 5.41) is 1.09. The summed E-state index contributed by atoms with van der Waals surface area (Å²) in [4.78, 5) is 18.7. The Hall–Kier alpha value is -2.30. The van der Waals surface area contributed by atoms with E-state index in [9.17, 15) is 4.79 Å². The van der Waals surface area contributed by atoms with E-state index in [1.54, 1.807) is 4.90 Å². The van der Waals surface area contributed by atoms with Gasteiger partial charge in [-0.3, -0.25) is 0 Å². The van der Waals surface area contributed by atoms with E-state index in [0.29, 0.717) is 13.1 Å². The first-order chi connectivity index (χ1) is 12.4. The van der Waals surface area contributed by atoms with Crippen LogP contribution in [-0.2, 0) is 11.2 Å². The molecule has 0 aliphatic carbocycles. The number of carbonyl (C=O) groups is 1. The molecule has 0 unspecified atom stereocenters. The van der Waals surface area contributed by atoms with Crippen molar-refractivity contribution in [1.29, 1.82) is 0 Å². The summed E-state index contributed by atoms with van der Waals surface area (Å²) in [6, 6.07) is 10.2. The molecule has 1 saturated heterocycles. The number of rotatable bonds is 3. The Balaban J connectivity index is 1.65. The number of pyridine rings is 1. The van der Waals surface area contributed by atoms with Gasteiger partial charge in [0.1, 0.15) is 23.0 Å². The lowest BCUT2D eigenvalue weighted by Crippen LogP contribution is -2.44. The lowest BCUT2D eigenvalue weighted by molar-refractivity contribution is 0.0127. The number of piperidine rings is 1. The van der Waals surface area contributed by atoms with E-state index < -0.39 is 5.60 Å². The molecule has 2 heterocycles. The summed E-state index contributed by atoms with van der Waals surface area (Å²) in [6.07, 6.45) is 2.34. The molecule has 0 atom stereocenters. The molecule has 1 aromatic heterocycles. The van der Waals surface area contributed by atoms with Gasteiger partial charge in [-0.15, -0.1) is 0 Å². The monoisotopic (exact) mass is 356 g/mol. The average molecular weight is 356 g/mol. The maximum absolute atomic E-state index is 12.2. The van der Waals surface area contributed by atoms with Crippen molar-refractivity contribution in [2.45, 2.75) is 58.7 Å². The van der Waals surface area contributed by atoms with Crippen molar-refractivity contribution in [3.05, 3.63) is 36.0 Å². The molecule has 1 aromatic carbocycles. The molecule has 1 aliphatic rings. The fraction of sp³-hybridized carbons (Fsp3) is 0.524. The SMILES string of the molecule is CCc1ccc2cccc(OC3CCN(C(=O)OC(C)(C)C)CC3)c2n1. The smallest absolute Gasteiger partial charge is 0.410 e. The Labute approximate surface area is 155 Å². The summed E-state index contributed by atoms with van der Waals surface area (Å²) < 4.78 is 11.7. The van der Waals surface area contributed by atoms with Crippen LogP contribution in [0.3, 0.4) is 0 Å². The number of para-hydroxylation sites is 1. The van der Waals surface area contributed by atoms with E-state index in [0.717, 1.165) is 41.6 Å². The first-order valence-corrected chi connectivity index (χ1v) is 9.39. The Bertz CT molecular complexity index is 774. The maximum Gasteiger partial charge on any atom is 0.410 e. The van der Waals surface area contributed by atoms with E-state index in [1.807, 2.05) is 32.9 Å². The minimum atomic E-state index is -0.462. The zero-order chi connectivity index (χ0) is 18.7. The van der Waals surface area contributed by atoms with Gasteiger partial charge in [0.25, 0.3) is 0 Å². The van der Waals surface area contributed by atoms with Crippen LogP contribution >= 0.6 is 0 Å². The average Bonchev–Trinajstić information content (AvgIpc) is 2.61. The molecular formula is C21H28N2O3. The quantitative estimate of drug-likeness (QED) is 0.808. The Morgan fingerprint density at radius 2 is 1.92 bits per heavy atom. The van der Waals surface area contributed by atoms with Gasteiger partial charge < -0.3 is 14.4 Å². The molecule has 0 saturated carbocycles. The van der Waals surface area contributed by atoms with Crippen molar-refractivity contribution in [3.63, 3.8) is 0 Å². The molecule has 1 aliphatic heterocycles. The van der Waals surface area contributed by atoms with Gasteiger partial charge in [0.2, 0.25) is 0 Å². The number of hydrogen-bond donors (Lipinski definition) is 0. The number of amides is 1. The highest BCUT2D eigenvalue weighted by atomic mass is 16.6. The largest absolute Gasteiger partial charge is 0.488 e. The number of ether oxygens (including phenoxy) is 2. The van der Waals surface area contributed by atoms with E-state index in [2.05, 4.69) is 25.1 Å². The van der Waals surface area contributed by atoms with Gasteiger partial charge in [-0.1, -0.05) is 25.1 Å². The normalized spacial score (nSPS) is 15.9. The van der Waals surface area contributed by atoms with Crippen LogP contribution in [0.25, 0.3) is 10.9 Å². The van der Waals surface area contributed by atoms with Gasteiger partial charge in [0, 0.05) is 37.0 Å². The van der Waals surface area contributed by atoms with Crippen LogP contribution < -0.4 is 4.74 Å². The minimum absolute atomic E-state index is 0.0892. The molecule has 0 bridgehead atoms. The molecule has 5 nitrogen and oxygen atoms in total. The Morgan fingerprint density at radius 3 is 2.58 bits per heavy atom. The Morgan fingerprint density at radius 1 is 1.19 bits per heavy atom. The summed E-state index contributed by atoms with van der Waals surface area (Å²) in [6.45, 7) is 9.07. The number of likely N-dealkylation sites (tertiary alicyclic amines) is 1. The second-order valence-corrected chi connectivity index (χ2v) is 7.77. The van der Waals surface area contributed by atoms with Crippen LogP contribution in [-0.4, -0.2) is 40.8 Å². The highest BCUT2D eigenvalue weighted by Crippen LogP contribution is 2.27. The molecule has 140 valence electrons. The van der Waals surface area contributed by atoms with Gasteiger partial charge in [0.15, 0.2) is 0 Å². The van der Waals surface area contributed by atoms with Crippen LogP contribution in [0.2, 0.25) is 0 Å². The van der Waals surface area contributed by atoms with Crippen LogP contribution in [0.1, 0.15) is 46.2 Å². The predicted molar refractivity (Wildman–Crippen MR) is 103 cm³/mol. The lowest BCUT2D eigenvalue weighted by atomic mass is 10.1. The van der Waals surface area contributed by atoms with Crippen molar-refractivity contribution >= 4 is 17.0 Å². The van der Waals surface area contributed by atoms with E-state index >= 15 is 0 Å². The predicted octanol–water partition coefficient (Wildman–Crippen LogP) is 4.58. The third kappa shape index (κ3) is 4.45. The van der Waals surface area contributed by atoms with Gasteiger partial charge in [-0.25, -0.2) is 9.78 Å². The fourth-order valence-electron chi connectivity index (χ4n) is 3.11. The van der Waals surface area contributed by atoms with Crippen molar-refractivity contribution in [1.82, 2.24) is 9.88 Å². The number of aromatic nitrogens is 1. The summed E-state index contributed by atoms with van der Waals surface area (Å²) in [7, 11) is 0. The van der Waals surface area contributed by atoms with Crippen molar-refractivity contribution < 1.29 is 14.3 Å². The maximum atomic E-state index is 12.2. The van der Waals surface area contributed by atoms with E-state index in [-0.39, 0.29) is 12.2 Å². The van der Waals surface area contributed by atoms with Crippen LogP contribution in [0, 0.1) is 0 Å². The van der Waals surface area contributed by atoms with Crippen LogP contribution in [0.4, 0.5) is 4.79 Å². The molecule has 1 fully saturated rings. The number of aryl methyl sites for hydroxylation is 1. The highest BCUT2D eigenvalue weighted by Gasteiger charge is 2.27. The number of hydrogen-bond acceptors (Lipinski definition) is 4.